The summed E-state index contributed by atoms with van der Waals surface area (Å²) in [4.78, 5) is 11.3. The van der Waals surface area contributed by atoms with Crippen LogP contribution in [0, 0.1) is 5.82 Å². The molecule has 0 radical (unpaired) electrons. The van der Waals surface area contributed by atoms with Gasteiger partial charge >= 0.3 is 12.1 Å². The van der Waals surface area contributed by atoms with Gasteiger partial charge in [-0.2, -0.15) is 13.2 Å². The summed E-state index contributed by atoms with van der Waals surface area (Å²) in [6.45, 7) is 0. The van der Waals surface area contributed by atoms with Crippen molar-refractivity contribution in [3.05, 3.63) is 59.4 Å². The minimum Gasteiger partial charge on any atom is -0.465 e. The normalized spacial score (nSPS) is 11.3. The first kappa shape index (κ1) is 15.0. The van der Waals surface area contributed by atoms with Crippen molar-refractivity contribution in [2.24, 2.45) is 0 Å². The number of methoxy groups -OCH3 is 1. The Hall–Kier alpha value is -2.37. The van der Waals surface area contributed by atoms with Gasteiger partial charge in [-0.05, 0) is 29.3 Å². The van der Waals surface area contributed by atoms with Gasteiger partial charge in [0.2, 0.25) is 0 Å². The molecule has 0 aliphatic heterocycles. The highest BCUT2D eigenvalue weighted by atomic mass is 19.4. The summed E-state index contributed by atoms with van der Waals surface area (Å²) in [6, 6.07) is 8.08. The molecular formula is C15H10F4O2. The van der Waals surface area contributed by atoms with Gasteiger partial charge < -0.3 is 4.74 Å². The Morgan fingerprint density at radius 1 is 1.10 bits per heavy atom. The SMILES string of the molecule is COC(=O)c1ccc(-c2ccccc2C(F)(F)F)cc1F. The maximum atomic E-state index is 13.8. The molecule has 0 aliphatic carbocycles. The van der Waals surface area contributed by atoms with Crippen LogP contribution in [0.15, 0.2) is 42.5 Å². The molecule has 0 aliphatic rings. The molecular weight excluding hydrogens is 288 g/mol. The Kier molecular flexibility index (Phi) is 3.97. The topological polar surface area (TPSA) is 26.3 Å². The van der Waals surface area contributed by atoms with Gasteiger partial charge in [0.25, 0.3) is 0 Å². The van der Waals surface area contributed by atoms with Crippen LogP contribution in [0.3, 0.4) is 0 Å². The molecule has 0 unspecified atom stereocenters. The summed E-state index contributed by atoms with van der Waals surface area (Å²) in [5, 5.41) is 0. The van der Waals surface area contributed by atoms with Gasteiger partial charge in [0.1, 0.15) is 5.82 Å². The summed E-state index contributed by atoms with van der Waals surface area (Å²) in [7, 11) is 1.09. The zero-order chi connectivity index (χ0) is 15.6. The Bertz CT molecular complexity index is 678. The van der Waals surface area contributed by atoms with Gasteiger partial charge in [0, 0.05) is 0 Å². The highest BCUT2D eigenvalue weighted by molar-refractivity contribution is 5.90. The summed E-state index contributed by atoms with van der Waals surface area (Å²) < 4.78 is 57.0. The Balaban J connectivity index is 2.54. The summed E-state index contributed by atoms with van der Waals surface area (Å²) in [6.07, 6.45) is -4.55. The van der Waals surface area contributed by atoms with Crippen molar-refractivity contribution in [2.45, 2.75) is 6.18 Å². The van der Waals surface area contributed by atoms with Crippen LogP contribution in [0.1, 0.15) is 15.9 Å². The predicted molar refractivity (Wildman–Crippen MR) is 68.2 cm³/mol. The van der Waals surface area contributed by atoms with E-state index < -0.39 is 23.5 Å². The number of hydrogen-bond donors (Lipinski definition) is 0. The number of hydrogen-bond acceptors (Lipinski definition) is 2. The van der Waals surface area contributed by atoms with Crippen LogP contribution >= 0.6 is 0 Å². The molecule has 0 aromatic heterocycles. The highest BCUT2D eigenvalue weighted by Gasteiger charge is 2.33. The minimum absolute atomic E-state index is 0.0353. The Morgan fingerprint density at radius 3 is 2.33 bits per heavy atom. The molecule has 0 amide bonds. The second-order valence-electron chi connectivity index (χ2n) is 4.23. The van der Waals surface area contributed by atoms with Gasteiger partial charge in [-0.3, -0.25) is 0 Å². The third-order valence-electron chi connectivity index (χ3n) is 2.92. The zero-order valence-electron chi connectivity index (χ0n) is 10.9. The molecule has 2 aromatic carbocycles. The standard InChI is InChI=1S/C15H10F4O2/c1-21-14(20)11-7-6-9(8-13(11)16)10-4-2-3-5-12(10)15(17,18)19/h2-8H,1H3. The minimum atomic E-state index is -4.55. The average Bonchev–Trinajstić information content (AvgIpc) is 2.45. The second kappa shape index (κ2) is 5.55. The number of carbonyl (C=O) groups is 1. The summed E-state index contributed by atoms with van der Waals surface area (Å²) >= 11 is 0. The largest absolute Gasteiger partial charge is 0.465 e. The summed E-state index contributed by atoms with van der Waals surface area (Å²) in [5.41, 5.74) is -1.31. The van der Waals surface area contributed by atoms with Crippen LogP contribution in [0.2, 0.25) is 0 Å². The fourth-order valence-electron chi connectivity index (χ4n) is 1.94. The van der Waals surface area contributed by atoms with Crippen LogP contribution in [-0.4, -0.2) is 13.1 Å². The maximum absolute atomic E-state index is 13.8. The lowest BCUT2D eigenvalue weighted by molar-refractivity contribution is -0.137. The number of halogens is 4. The van der Waals surface area contributed by atoms with E-state index in [-0.39, 0.29) is 16.7 Å². The molecule has 21 heavy (non-hydrogen) atoms. The lowest BCUT2D eigenvalue weighted by atomic mass is 9.98. The third kappa shape index (κ3) is 3.04. The van der Waals surface area contributed by atoms with E-state index in [1.165, 1.54) is 24.3 Å². The van der Waals surface area contributed by atoms with Crippen molar-refractivity contribution < 1.29 is 27.1 Å². The highest BCUT2D eigenvalue weighted by Crippen LogP contribution is 2.37. The molecule has 0 bridgehead atoms. The Morgan fingerprint density at radius 2 is 1.76 bits per heavy atom. The van der Waals surface area contributed by atoms with Gasteiger partial charge in [-0.1, -0.05) is 24.3 Å². The molecule has 0 heterocycles. The molecule has 0 fully saturated rings. The molecule has 110 valence electrons. The average molecular weight is 298 g/mol. The number of rotatable bonds is 2. The Labute approximate surface area is 118 Å². The number of ether oxygens (including phenoxy) is 1. The third-order valence-corrected chi connectivity index (χ3v) is 2.92. The van der Waals surface area contributed by atoms with Gasteiger partial charge in [-0.15, -0.1) is 0 Å². The summed E-state index contributed by atoms with van der Waals surface area (Å²) in [5.74, 6) is -1.82. The quantitative estimate of drug-likeness (QED) is 0.610. The molecule has 2 rings (SSSR count). The van der Waals surface area contributed by atoms with Crippen molar-refractivity contribution in [3.8, 4) is 11.1 Å². The number of benzene rings is 2. The monoisotopic (exact) mass is 298 g/mol. The van der Waals surface area contributed by atoms with E-state index in [1.807, 2.05) is 0 Å². The van der Waals surface area contributed by atoms with E-state index in [4.69, 9.17) is 0 Å². The van der Waals surface area contributed by atoms with Crippen molar-refractivity contribution in [2.75, 3.05) is 7.11 Å². The maximum Gasteiger partial charge on any atom is 0.417 e. The predicted octanol–water partition coefficient (Wildman–Crippen LogP) is 4.30. The van der Waals surface area contributed by atoms with E-state index in [9.17, 15) is 22.4 Å². The van der Waals surface area contributed by atoms with E-state index in [1.54, 1.807) is 0 Å². The lowest BCUT2D eigenvalue weighted by Crippen LogP contribution is -2.08. The zero-order valence-corrected chi connectivity index (χ0v) is 10.9. The first-order chi connectivity index (χ1) is 9.84. The molecule has 0 saturated carbocycles. The number of carbonyl (C=O) groups excluding carboxylic acids is 1. The van der Waals surface area contributed by atoms with Crippen molar-refractivity contribution in [3.63, 3.8) is 0 Å². The van der Waals surface area contributed by atoms with Crippen LogP contribution in [0.4, 0.5) is 17.6 Å². The molecule has 6 heteroatoms. The lowest BCUT2D eigenvalue weighted by Gasteiger charge is -2.13. The van der Waals surface area contributed by atoms with E-state index in [2.05, 4.69) is 4.74 Å². The van der Waals surface area contributed by atoms with Crippen LogP contribution < -0.4 is 0 Å². The number of alkyl halides is 3. The van der Waals surface area contributed by atoms with Crippen LogP contribution in [0.5, 0.6) is 0 Å². The molecule has 0 saturated heterocycles. The molecule has 0 spiro atoms. The van der Waals surface area contributed by atoms with Gasteiger partial charge in [0.15, 0.2) is 0 Å². The first-order valence-corrected chi connectivity index (χ1v) is 5.89. The van der Waals surface area contributed by atoms with Crippen molar-refractivity contribution in [1.82, 2.24) is 0 Å². The smallest absolute Gasteiger partial charge is 0.417 e. The van der Waals surface area contributed by atoms with Crippen LogP contribution in [0.25, 0.3) is 11.1 Å². The fourth-order valence-corrected chi connectivity index (χ4v) is 1.94. The van der Waals surface area contributed by atoms with Gasteiger partial charge in [-0.25, -0.2) is 9.18 Å². The molecule has 2 nitrogen and oxygen atoms in total. The molecule has 0 N–H and O–H groups in total. The van der Waals surface area contributed by atoms with Crippen molar-refractivity contribution in [1.29, 1.82) is 0 Å². The van der Waals surface area contributed by atoms with E-state index in [0.29, 0.717) is 0 Å². The number of esters is 1. The van der Waals surface area contributed by atoms with E-state index >= 15 is 0 Å². The first-order valence-electron chi connectivity index (χ1n) is 5.89. The fraction of sp³-hybridized carbons (Fsp3) is 0.133. The molecule has 0 atom stereocenters. The van der Waals surface area contributed by atoms with Gasteiger partial charge in [0.05, 0.1) is 18.2 Å². The molecule has 2 aromatic rings. The van der Waals surface area contributed by atoms with Crippen LogP contribution in [-0.2, 0) is 10.9 Å². The van der Waals surface area contributed by atoms with E-state index in [0.717, 1.165) is 25.3 Å². The van der Waals surface area contributed by atoms with Crippen molar-refractivity contribution >= 4 is 5.97 Å². The second-order valence-corrected chi connectivity index (χ2v) is 4.23.